The number of hydrogen-bond acceptors (Lipinski definition) is 5. The number of nitriles is 1. The average Bonchev–Trinajstić information content (AvgIpc) is 3.03. The molecule has 2 aromatic rings. The third kappa shape index (κ3) is 5.14. The number of rotatable bonds is 9. The maximum Gasteiger partial charge on any atom is 0.239 e. The van der Waals surface area contributed by atoms with Crippen LogP contribution in [0.3, 0.4) is 0 Å². The highest BCUT2D eigenvalue weighted by Crippen LogP contribution is 2.19. The average molecular weight is 341 g/mol. The van der Waals surface area contributed by atoms with Crippen LogP contribution in [-0.2, 0) is 4.79 Å². The SMILES string of the molecule is CCCCN(CCO)CC(=O)Nc1c(C#N)cnn1-c1ccccc1. The van der Waals surface area contributed by atoms with Crippen LogP contribution >= 0.6 is 0 Å². The van der Waals surface area contributed by atoms with E-state index < -0.39 is 0 Å². The van der Waals surface area contributed by atoms with E-state index in [2.05, 4.69) is 23.4 Å². The van der Waals surface area contributed by atoms with Crippen LogP contribution in [0.2, 0.25) is 0 Å². The molecule has 1 aromatic heterocycles. The molecule has 0 atom stereocenters. The first-order chi connectivity index (χ1) is 12.2. The molecular formula is C18H23N5O2. The van der Waals surface area contributed by atoms with E-state index in [4.69, 9.17) is 5.11 Å². The summed E-state index contributed by atoms with van der Waals surface area (Å²) in [6, 6.07) is 11.4. The summed E-state index contributed by atoms with van der Waals surface area (Å²) in [6.07, 6.45) is 3.41. The summed E-state index contributed by atoms with van der Waals surface area (Å²) in [6.45, 7) is 3.42. The fraction of sp³-hybridized carbons (Fsp3) is 0.389. The lowest BCUT2D eigenvalue weighted by molar-refractivity contribution is -0.117. The third-order valence-electron chi connectivity index (χ3n) is 3.76. The molecule has 0 bridgehead atoms. The van der Waals surface area contributed by atoms with Crippen LogP contribution in [0.15, 0.2) is 36.5 Å². The Bertz CT molecular complexity index is 721. The number of carbonyl (C=O) groups excluding carboxylic acids is 1. The van der Waals surface area contributed by atoms with E-state index in [1.54, 1.807) is 4.68 Å². The maximum atomic E-state index is 12.4. The van der Waals surface area contributed by atoms with Gasteiger partial charge in [0.05, 0.1) is 25.0 Å². The lowest BCUT2D eigenvalue weighted by Crippen LogP contribution is -2.36. The topological polar surface area (TPSA) is 94.2 Å². The Kier molecular flexibility index (Phi) is 7.14. The van der Waals surface area contributed by atoms with Gasteiger partial charge < -0.3 is 10.4 Å². The van der Waals surface area contributed by atoms with Crippen molar-refractivity contribution < 1.29 is 9.90 Å². The van der Waals surface area contributed by atoms with E-state index in [9.17, 15) is 10.1 Å². The van der Waals surface area contributed by atoms with Crippen molar-refractivity contribution in [2.45, 2.75) is 19.8 Å². The summed E-state index contributed by atoms with van der Waals surface area (Å²) in [5.41, 5.74) is 1.07. The predicted octanol–water partition coefficient (Wildman–Crippen LogP) is 1.78. The Balaban J connectivity index is 2.14. The molecule has 0 unspecified atom stereocenters. The number of nitrogens with one attached hydrogen (secondary N) is 1. The largest absolute Gasteiger partial charge is 0.395 e. The van der Waals surface area contributed by atoms with Gasteiger partial charge in [-0.1, -0.05) is 31.5 Å². The summed E-state index contributed by atoms with van der Waals surface area (Å²) in [4.78, 5) is 14.3. The molecule has 0 saturated carbocycles. The van der Waals surface area contributed by atoms with Gasteiger partial charge >= 0.3 is 0 Å². The van der Waals surface area contributed by atoms with Gasteiger partial charge in [-0.15, -0.1) is 0 Å². The first kappa shape index (κ1) is 18.6. The number of anilines is 1. The Hall–Kier alpha value is -2.69. The molecule has 2 N–H and O–H groups in total. The summed E-state index contributed by atoms with van der Waals surface area (Å²) >= 11 is 0. The Morgan fingerprint density at radius 1 is 1.36 bits per heavy atom. The second-order valence-corrected chi connectivity index (χ2v) is 5.67. The van der Waals surface area contributed by atoms with E-state index in [-0.39, 0.29) is 19.1 Å². The lowest BCUT2D eigenvalue weighted by Gasteiger charge is -2.20. The summed E-state index contributed by atoms with van der Waals surface area (Å²) in [5.74, 6) is 0.122. The zero-order valence-corrected chi connectivity index (χ0v) is 14.4. The first-order valence-corrected chi connectivity index (χ1v) is 8.36. The Labute approximate surface area is 147 Å². The van der Waals surface area contributed by atoms with Crippen LogP contribution in [0.4, 0.5) is 5.82 Å². The van der Waals surface area contributed by atoms with Crippen LogP contribution in [0.5, 0.6) is 0 Å². The molecule has 0 fully saturated rings. The smallest absolute Gasteiger partial charge is 0.239 e. The zero-order valence-electron chi connectivity index (χ0n) is 14.4. The molecule has 1 heterocycles. The van der Waals surface area contributed by atoms with Crippen LogP contribution in [0, 0.1) is 11.3 Å². The molecule has 25 heavy (non-hydrogen) atoms. The second-order valence-electron chi connectivity index (χ2n) is 5.67. The molecule has 0 aliphatic rings. The van der Waals surface area contributed by atoms with Crippen LogP contribution in [0.25, 0.3) is 5.69 Å². The highest BCUT2D eigenvalue weighted by atomic mass is 16.3. The molecule has 7 heteroatoms. The standard InChI is InChI=1S/C18H23N5O2/c1-2-3-9-22(10-11-24)14-17(25)21-18-15(12-19)13-20-23(18)16-7-5-4-6-8-16/h4-8,13,24H,2-3,9-11,14H2,1H3,(H,21,25). The lowest BCUT2D eigenvalue weighted by atomic mass is 10.3. The number of hydrogen-bond donors (Lipinski definition) is 2. The predicted molar refractivity (Wildman–Crippen MR) is 95.3 cm³/mol. The molecule has 7 nitrogen and oxygen atoms in total. The van der Waals surface area contributed by atoms with Crippen molar-refractivity contribution in [3.8, 4) is 11.8 Å². The number of amides is 1. The number of para-hydroxylation sites is 1. The molecular weight excluding hydrogens is 318 g/mol. The van der Waals surface area contributed by atoms with E-state index in [0.29, 0.717) is 17.9 Å². The number of aromatic nitrogens is 2. The van der Waals surface area contributed by atoms with Gasteiger partial charge in [-0.05, 0) is 25.1 Å². The van der Waals surface area contributed by atoms with Crippen molar-refractivity contribution in [1.29, 1.82) is 5.26 Å². The van der Waals surface area contributed by atoms with Crippen molar-refractivity contribution in [3.05, 3.63) is 42.1 Å². The molecule has 132 valence electrons. The number of unbranched alkanes of at least 4 members (excludes halogenated alkanes) is 1. The monoisotopic (exact) mass is 341 g/mol. The van der Waals surface area contributed by atoms with E-state index in [1.807, 2.05) is 35.2 Å². The van der Waals surface area contributed by atoms with E-state index >= 15 is 0 Å². The van der Waals surface area contributed by atoms with Crippen LogP contribution in [0.1, 0.15) is 25.3 Å². The minimum atomic E-state index is -0.237. The maximum absolute atomic E-state index is 12.4. The number of nitrogens with zero attached hydrogens (tertiary/aromatic N) is 4. The van der Waals surface area contributed by atoms with Crippen molar-refractivity contribution in [2.24, 2.45) is 0 Å². The van der Waals surface area contributed by atoms with E-state index in [1.165, 1.54) is 6.20 Å². The Morgan fingerprint density at radius 2 is 2.12 bits per heavy atom. The first-order valence-electron chi connectivity index (χ1n) is 8.36. The van der Waals surface area contributed by atoms with Crippen LogP contribution < -0.4 is 5.32 Å². The van der Waals surface area contributed by atoms with Gasteiger partial charge in [-0.2, -0.15) is 10.4 Å². The Morgan fingerprint density at radius 3 is 2.76 bits per heavy atom. The quantitative estimate of drug-likeness (QED) is 0.725. The minimum absolute atomic E-state index is 0.00237. The molecule has 0 aliphatic heterocycles. The second kappa shape index (κ2) is 9.57. The molecule has 1 aromatic carbocycles. The van der Waals surface area contributed by atoms with Gasteiger partial charge in [-0.25, -0.2) is 4.68 Å². The number of aliphatic hydroxyl groups is 1. The highest BCUT2D eigenvalue weighted by Gasteiger charge is 2.17. The van der Waals surface area contributed by atoms with Crippen LogP contribution in [-0.4, -0.2) is 51.9 Å². The molecule has 0 spiro atoms. The van der Waals surface area contributed by atoms with Gasteiger partial charge in [0, 0.05) is 6.54 Å². The molecule has 1 amide bonds. The van der Waals surface area contributed by atoms with Crippen molar-refractivity contribution >= 4 is 11.7 Å². The summed E-state index contributed by atoms with van der Waals surface area (Å²) in [5, 5.41) is 25.4. The number of carbonyl (C=O) groups is 1. The molecule has 2 rings (SSSR count). The normalized spacial score (nSPS) is 10.6. The molecule has 0 aliphatic carbocycles. The van der Waals surface area contributed by atoms with Crippen molar-refractivity contribution in [1.82, 2.24) is 14.7 Å². The summed E-state index contributed by atoms with van der Waals surface area (Å²) in [7, 11) is 0. The fourth-order valence-electron chi connectivity index (χ4n) is 2.48. The number of benzene rings is 1. The minimum Gasteiger partial charge on any atom is -0.395 e. The van der Waals surface area contributed by atoms with Gasteiger partial charge in [0.1, 0.15) is 11.6 Å². The van der Waals surface area contributed by atoms with Gasteiger partial charge in [0.15, 0.2) is 5.82 Å². The summed E-state index contributed by atoms with van der Waals surface area (Å²) < 4.78 is 1.54. The van der Waals surface area contributed by atoms with Crippen molar-refractivity contribution in [2.75, 3.05) is 31.6 Å². The van der Waals surface area contributed by atoms with Gasteiger partial charge in [0.2, 0.25) is 5.91 Å². The van der Waals surface area contributed by atoms with Gasteiger partial charge in [0.25, 0.3) is 0 Å². The zero-order chi connectivity index (χ0) is 18.1. The van der Waals surface area contributed by atoms with E-state index in [0.717, 1.165) is 25.1 Å². The molecule has 0 radical (unpaired) electrons. The molecule has 0 saturated heterocycles. The number of aliphatic hydroxyl groups excluding tert-OH is 1. The van der Waals surface area contributed by atoms with Crippen molar-refractivity contribution in [3.63, 3.8) is 0 Å². The third-order valence-corrected chi connectivity index (χ3v) is 3.76. The highest BCUT2D eigenvalue weighted by molar-refractivity contribution is 5.92. The van der Waals surface area contributed by atoms with Gasteiger partial charge in [-0.3, -0.25) is 9.69 Å². The fourth-order valence-corrected chi connectivity index (χ4v) is 2.48.